The first kappa shape index (κ1) is 12.5. The Morgan fingerprint density at radius 1 is 1.39 bits per heavy atom. The number of pyridine rings is 1. The zero-order valence-electron chi connectivity index (χ0n) is 10.0. The van der Waals surface area contributed by atoms with E-state index in [9.17, 15) is 4.79 Å². The first-order valence-electron chi connectivity index (χ1n) is 5.24. The molecular formula is C12H12N2O3S. The molecule has 2 heterocycles. The van der Waals surface area contributed by atoms with Gasteiger partial charge in [0.1, 0.15) is 0 Å². The zero-order chi connectivity index (χ0) is 13.0. The van der Waals surface area contributed by atoms with Crippen LogP contribution < -0.4 is 4.74 Å². The second kappa shape index (κ2) is 5.59. The molecule has 6 heteroatoms. The number of ether oxygens (including phenoxy) is 2. The smallest absolute Gasteiger partial charge is 0.357 e. The number of nitrogens with zero attached hydrogens (tertiary/aromatic N) is 2. The topological polar surface area (TPSA) is 61.3 Å². The summed E-state index contributed by atoms with van der Waals surface area (Å²) >= 11 is 1.43. The highest BCUT2D eigenvalue weighted by atomic mass is 32.1. The van der Waals surface area contributed by atoms with Gasteiger partial charge in [-0.3, -0.25) is 0 Å². The fourth-order valence-electron chi connectivity index (χ4n) is 1.40. The molecule has 0 bridgehead atoms. The highest BCUT2D eigenvalue weighted by molar-refractivity contribution is 7.09. The summed E-state index contributed by atoms with van der Waals surface area (Å²) in [6.07, 6.45) is 2.37. The lowest BCUT2D eigenvalue weighted by atomic mass is 10.2. The van der Waals surface area contributed by atoms with E-state index in [-0.39, 0.29) is 0 Å². The van der Waals surface area contributed by atoms with E-state index >= 15 is 0 Å². The molecule has 2 aromatic rings. The predicted molar refractivity (Wildman–Crippen MR) is 67.0 cm³/mol. The Balaban J connectivity index is 2.08. The van der Waals surface area contributed by atoms with Crippen molar-refractivity contribution in [3.05, 3.63) is 40.0 Å². The van der Waals surface area contributed by atoms with Gasteiger partial charge in [-0.2, -0.15) is 0 Å². The van der Waals surface area contributed by atoms with Gasteiger partial charge in [-0.25, -0.2) is 14.8 Å². The van der Waals surface area contributed by atoms with Crippen LogP contribution in [0.4, 0.5) is 0 Å². The van der Waals surface area contributed by atoms with Crippen LogP contribution in [0.2, 0.25) is 0 Å². The van der Waals surface area contributed by atoms with E-state index in [0.717, 1.165) is 10.6 Å². The van der Waals surface area contributed by atoms with Crippen LogP contribution >= 0.6 is 11.3 Å². The van der Waals surface area contributed by atoms with Gasteiger partial charge < -0.3 is 9.47 Å². The number of methoxy groups -OCH3 is 2. The molecule has 94 valence electrons. The molecule has 0 aliphatic carbocycles. The maximum atomic E-state index is 11.3. The fourth-order valence-corrected chi connectivity index (χ4v) is 2.20. The lowest BCUT2D eigenvalue weighted by Gasteiger charge is -2.00. The minimum absolute atomic E-state index is 0.346. The Morgan fingerprint density at radius 3 is 2.83 bits per heavy atom. The van der Waals surface area contributed by atoms with Crippen molar-refractivity contribution in [1.29, 1.82) is 0 Å². The number of hydrogen-bond acceptors (Lipinski definition) is 6. The van der Waals surface area contributed by atoms with Crippen LogP contribution in [0.3, 0.4) is 0 Å². The predicted octanol–water partition coefficient (Wildman–Crippen LogP) is 1.92. The largest absolute Gasteiger partial charge is 0.481 e. The van der Waals surface area contributed by atoms with Crippen LogP contribution in [0.1, 0.15) is 21.1 Å². The molecule has 0 fully saturated rings. The van der Waals surface area contributed by atoms with Gasteiger partial charge in [-0.1, -0.05) is 6.07 Å². The van der Waals surface area contributed by atoms with Gasteiger partial charge in [0.25, 0.3) is 0 Å². The highest BCUT2D eigenvalue weighted by Gasteiger charge is 2.10. The van der Waals surface area contributed by atoms with E-state index in [2.05, 4.69) is 14.7 Å². The van der Waals surface area contributed by atoms with Crippen LogP contribution in [0, 0.1) is 0 Å². The quantitative estimate of drug-likeness (QED) is 0.789. The fraction of sp³-hybridized carbons (Fsp3) is 0.250. The lowest BCUT2D eigenvalue weighted by Crippen LogP contribution is -2.01. The zero-order valence-corrected chi connectivity index (χ0v) is 10.9. The van der Waals surface area contributed by atoms with Crippen LogP contribution in [-0.4, -0.2) is 30.2 Å². The molecule has 0 radical (unpaired) electrons. The Hall–Kier alpha value is -1.95. The second-order valence-electron chi connectivity index (χ2n) is 3.50. The number of rotatable bonds is 4. The third-order valence-corrected chi connectivity index (χ3v) is 3.16. The summed E-state index contributed by atoms with van der Waals surface area (Å²) in [7, 11) is 2.92. The summed E-state index contributed by atoms with van der Waals surface area (Å²) in [6.45, 7) is 0. The second-order valence-corrected chi connectivity index (χ2v) is 4.45. The Bertz CT molecular complexity index is 537. The van der Waals surface area contributed by atoms with E-state index in [4.69, 9.17) is 4.74 Å². The molecule has 0 unspecified atom stereocenters. The van der Waals surface area contributed by atoms with Crippen molar-refractivity contribution in [2.75, 3.05) is 14.2 Å². The molecule has 0 saturated heterocycles. The summed E-state index contributed by atoms with van der Waals surface area (Å²) in [6, 6.07) is 3.72. The maximum Gasteiger partial charge on any atom is 0.357 e. The van der Waals surface area contributed by atoms with E-state index in [0.29, 0.717) is 18.0 Å². The maximum absolute atomic E-state index is 11.3. The molecule has 2 aromatic heterocycles. The monoisotopic (exact) mass is 264 g/mol. The van der Waals surface area contributed by atoms with Gasteiger partial charge >= 0.3 is 5.97 Å². The van der Waals surface area contributed by atoms with Gasteiger partial charge in [-0.15, -0.1) is 11.3 Å². The average molecular weight is 264 g/mol. The van der Waals surface area contributed by atoms with Crippen molar-refractivity contribution in [2.24, 2.45) is 0 Å². The van der Waals surface area contributed by atoms with Crippen molar-refractivity contribution in [1.82, 2.24) is 9.97 Å². The first-order chi connectivity index (χ1) is 8.72. The van der Waals surface area contributed by atoms with Crippen LogP contribution in [0.5, 0.6) is 5.88 Å². The number of aromatic nitrogens is 2. The van der Waals surface area contributed by atoms with Crippen LogP contribution in [-0.2, 0) is 11.2 Å². The summed E-state index contributed by atoms with van der Waals surface area (Å²) in [4.78, 5) is 19.6. The van der Waals surface area contributed by atoms with Gasteiger partial charge in [-0.05, 0) is 5.56 Å². The van der Waals surface area contributed by atoms with Gasteiger partial charge in [0.2, 0.25) is 5.88 Å². The molecule has 0 aromatic carbocycles. The molecule has 0 spiro atoms. The van der Waals surface area contributed by atoms with Crippen molar-refractivity contribution in [3.63, 3.8) is 0 Å². The summed E-state index contributed by atoms with van der Waals surface area (Å²) in [5.41, 5.74) is 1.36. The average Bonchev–Trinajstić information content (AvgIpc) is 2.87. The number of carbonyl (C=O) groups excluding carboxylic acids is 1. The highest BCUT2D eigenvalue weighted by Crippen LogP contribution is 2.16. The summed E-state index contributed by atoms with van der Waals surface area (Å²) in [5, 5.41) is 2.54. The van der Waals surface area contributed by atoms with Crippen molar-refractivity contribution in [3.8, 4) is 5.88 Å². The van der Waals surface area contributed by atoms with Crippen molar-refractivity contribution < 1.29 is 14.3 Å². The van der Waals surface area contributed by atoms with E-state index in [1.165, 1.54) is 18.4 Å². The molecule has 5 nitrogen and oxygen atoms in total. The third-order valence-electron chi connectivity index (χ3n) is 2.31. The lowest BCUT2D eigenvalue weighted by molar-refractivity contribution is 0.0594. The van der Waals surface area contributed by atoms with E-state index in [1.54, 1.807) is 24.8 Å². The first-order valence-corrected chi connectivity index (χ1v) is 6.12. The third kappa shape index (κ3) is 2.84. The number of esters is 1. The molecule has 0 aliphatic heterocycles. The molecule has 0 N–H and O–H groups in total. The van der Waals surface area contributed by atoms with E-state index < -0.39 is 5.97 Å². The minimum Gasteiger partial charge on any atom is -0.481 e. The number of thiazole rings is 1. The van der Waals surface area contributed by atoms with Gasteiger partial charge in [0.05, 0.1) is 19.2 Å². The molecule has 2 rings (SSSR count). The molecule has 0 atom stereocenters. The molecule has 18 heavy (non-hydrogen) atoms. The molecular weight excluding hydrogens is 252 g/mol. The van der Waals surface area contributed by atoms with Crippen molar-refractivity contribution in [2.45, 2.75) is 6.42 Å². The van der Waals surface area contributed by atoms with Crippen LogP contribution in [0.15, 0.2) is 23.7 Å². The molecule has 0 aliphatic rings. The van der Waals surface area contributed by atoms with E-state index in [1.807, 2.05) is 6.07 Å². The molecule has 0 saturated carbocycles. The number of carbonyl (C=O) groups is 1. The summed E-state index contributed by atoms with van der Waals surface area (Å²) in [5.74, 6) is 0.165. The number of hydrogen-bond donors (Lipinski definition) is 0. The normalized spacial score (nSPS) is 10.1. The Labute approximate surface area is 108 Å². The SMILES string of the molecule is COC(=O)c1csc(Cc2ccc(OC)nc2)n1. The standard InChI is InChI=1S/C12H12N2O3S/c1-16-10-4-3-8(6-13-10)5-11-14-9(7-18-11)12(15)17-2/h3-4,6-7H,5H2,1-2H3. The molecule has 0 amide bonds. The van der Waals surface area contributed by atoms with Gasteiger partial charge in [0.15, 0.2) is 5.69 Å². The summed E-state index contributed by atoms with van der Waals surface area (Å²) < 4.78 is 9.59. The van der Waals surface area contributed by atoms with Gasteiger partial charge in [0, 0.05) is 24.1 Å². The van der Waals surface area contributed by atoms with Crippen LogP contribution in [0.25, 0.3) is 0 Å². The Morgan fingerprint density at radius 2 is 2.22 bits per heavy atom. The van der Waals surface area contributed by atoms with Crippen molar-refractivity contribution >= 4 is 17.3 Å². The Kier molecular flexibility index (Phi) is 3.88. The minimum atomic E-state index is -0.412.